The summed E-state index contributed by atoms with van der Waals surface area (Å²) in [7, 11) is 0. The van der Waals surface area contributed by atoms with Crippen LogP contribution in [0.3, 0.4) is 0 Å². The zero-order valence-electron chi connectivity index (χ0n) is 8.27. The molecule has 2 nitrogen and oxygen atoms in total. The van der Waals surface area contributed by atoms with Gasteiger partial charge in [0.15, 0.2) is 0 Å². The molecule has 0 amide bonds. The van der Waals surface area contributed by atoms with Crippen molar-refractivity contribution < 1.29 is 0 Å². The highest BCUT2D eigenvalue weighted by molar-refractivity contribution is 6.30. The molecule has 0 fully saturated rings. The van der Waals surface area contributed by atoms with Crippen molar-refractivity contribution in [3.8, 4) is 5.69 Å². The second kappa shape index (κ2) is 3.91. The first-order valence-corrected chi connectivity index (χ1v) is 5.01. The number of hydrogen-bond donors (Lipinski definition) is 0. The molecule has 3 heteroatoms. The van der Waals surface area contributed by atoms with Crippen molar-refractivity contribution in [2.75, 3.05) is 0 Å². The summed E-state index contributed by atoms with van der Waals surface area (Å²) in [5.41, 5.74) is 1.71. The summed E-state index contributed by atoms with van der Waals surface area (Å²) in [6, 6.07) is 12.4. The molecule has 0 radical (unpaired) electrons. The van der Waals surface area contributed by atoms with Crippen molar-refractivity contribution in [2.24, 2.45) is 0 Å². The van der Waals surface area contributed by atoms with E-state index in [-0.39, 0.29) is 5.56 Å². The number of aromatic nitrogens is 1. The van der Waals surface area contributed by atoms with Gasteiger partial charge in [0.25, 0.3) is 5.56 Å². The van der Waals surface area contributed by atoms with Gasteiger partial charge in [-0.3, -0.25) is 9.36 Å². The first-order valence-electron chi connectivity index (χ1n) is 4.63. The number of rotatable bonds is 1. The summed E-state index contributed by atoms with van der Waals surface area (Å²) in [5.74, 6) is 0. The van der Waals surface area contributed by atoms with Crippen molar-refractivity contribution in [3.63, 3.8) is 0 Å². The third kappa shape index (κ3) is 1.95. The first kappa shape index (κ1) is 9.99. The highest BCUT2D eigenvalue weighted by Crippen LogP contribution is 2.13. The standard InChI is InChI=1S/C12H10ClNO/c1-9-3-2-4-12(15)14(9)11-7-5-10(13)6-8-11/h2-8H,1H3. The molecule has 2 rings (SSSR count). The summed E-state index contributed by atoms with van der Waals surface area (Å²) in [4.78, 5) is 11.7. The Balaban J connectivity index is 2.64. The molecule has 0 bridgehead atoms. The van der Waals surface area contributed by atoms with Crippen LogP contribution in [0.2, 0.25) is 5.02 Å². The van der Waals surface area contributed by atoms with Crippen molar-refractivity contribution in [2.45, 2.75) is 6.92 Å². The molecule has 0 N–H and O–H groups in total. The Morgan fingerprint density at radius 2 is 1.73 bits per heavy atom. The summed E-state index contributed by atoms with van der Waals surface area (Å²) < 4.78 is 1.65. The summed E-state index contributed by atoms with van der Waals surface area (Å²) in [5, 5.41) is 0.667. The number of hydrogen-bond acceptors (Lipinski definition) is 1. The Kier molecular flexibility index (Phi) is 2.60. The molecule has 0 saturated heterocycles. The second-order valence-electron chi connectivity index (χ2n) is 3.32. The lowest BCUT2D eigenvalue weighted by Gasteiger charge is -2.08. The van der Waals surface area contributed by atoms with Crippen LogP contribution in [-0.2, 0) is 0 Å². The predicted octanol–water partition coefficient (Wildman–Crippen LogP) is 2.80. The fraction of sp³-hybridized carbons (Fsp3) is 0.0833. The van der Waals surface area contributed by atoms with Gasteiger partial charge in [0.1, 0.15) is 0 Å². The van der Waals surface area contributed by atoms with Crippen LogP contribution in [0.5, 0.6) is 0 Å². The maximum absolute atomic E-state index is 11.7. The molecule has 0 saturated carbocycles. The summed E-state index contributed by atoms with van der Waals surface area (Å²) >= 11 is 5.79. The van der Waals surface area contributed by atoms with E-state index in [9.17, 15) is 4.79 Å². The zero-order chi connectivity index (χ0) is 10.8. The van der Waals surface area contributed by atoms with Gasteiger partial charge in [0.2, 0.25) is 0 Å². The van der Waals surface area contributed by atoms with Crippen molar-refractivity contribution in [1.29, 1.82) is 0 Å². The molecule has 1 heterocycles. The maximum Gasteiger partial charge on any atom is 0.255 e. The van der Waals surface area contributed by atoms with Gasteiger partial charge < -0.3 is 0 Å². The maximum atomic E-state index is 11.7. The van der Waals surface area contributed by atoms with Gasteiger partial charge >= 0.3 is 0 Å². The third-order valence-electron chi connectivity index (χ3n) is 2.23. The van der Waals surface area contributed by atoms with Crippen LogP contribution in [0, 0.1) is 6.92 Å². The molecule has 1 aromatic heterocycles. The van der Waals surface area contributed by atoms with E-state index in [4.69, 9.17) is 11.6 Å². The van der Waals surface area contributed by atoms with E-state index >= 15 is 0 Å². The lowest BCUT2D eigenvalue weighted by molar-refractivity contribution is 0.935. The highest BCUT2D eigenvalue weighted by Gasteiger charge is 2.01. The van der Waals surface area contributed by atoms with Gasteiger partial charge in [-0.2, -0.15) is 0 Å². The largest absolute Gasteiger partial charge is 0.282 e. The van der Waals surface area contributed by atoms with Crippen molar-refractivity contribution in [3.05, 3.63) is 63.5 Å². The third-order valence-corrected chi connectivity index (χ3v) is 2.49. The van der Waals surface area contributed by atoms with Gasteiger partial charge in [-0.25, -0.2) is 0 Å². The van der Waals surface area contributed by atoms with Crippen LogP contribution in [0.4, 0.5) is 0 Å². The van der Waals surface area contributed by atoms with Crippen LogP contribution in [-0.4, -0.2) is 4.57 Å². The number of pyridine rings is 1. The SMILES string of the molecule is Cc1cccc(=O)n1-c1ccc(Cl)cc1. The number of aryl methyl sites for hydroxylation is 1. The Hall–Kier alpha value is -1.54. The summed E-state index contributed by atoms with van der Waals surface area (Å²) in [6.07, 6.45) is 0. The molecule has 0 unspecified atom stereocenters. The molecule has 1 aromatic carbocycles. The fourth-order valence-corrected chi connectivity index (χ4v) is 1.64. The van der Waals surface area contributed by atoms with E-state index in [1.165, 1.54) is 0 Å². The van der Waals surface area contributed by atoms with Crippen molar-refractivity contribution in [1.82, 2.24) is 4.57 Å². The van der Waals surface area contributed by atoms with E-state index in [1.807, 2.05) is 25.1 Å². The van der Waals surface area contributed by atoms with Crippen LogP contribution in [0.25, 0.3) is 5.69 Å². The normalized spacial score (nSPS) is 10.3. The second-order valence-corrected chi connectivity index (χ2v) is 3.75. The molecule has 0 spiro atoms. The van der Waals surface area contributed by atoms with Crippen LogP contribution in [0.1, 0.15) is 5.69 Å². The Bertz CT molecular complexity index is 528. The van der Waals surface area contributed by atoms with Crippen molar-refractivity contribution >= 4 is 11.6 Å². The monoisotopic (exact) mass is 219 g/mol. The number of halogens is 1. The minimum atomic E-state index is -0.0303. The van der Waals surface area contributed by atoms with Gasteiger partial charge in [-0.15, -0.1) is 0 Å². The lowest BCUT2D eigenvalue weighted by Crippen LogP contribution is -2.18. The van der Waals surface area contributed by atoms with Gasteiger partial charge in [0, 0.05) is 22.5 Å². The Morgan fingerprint density at radius 3 is 2.33 bits per heavy atom. The quantitative estimate of drug-likeness (QED) is 0.723. The molecule has 76 valence electrons. The average Bonchev–Trinajstić information content (AvgIpc) is 2.20. The first-order chi connectivity index (χ1) is 7.18. The van der Waals surface area contributed by atoms with Gasteiger partial charge in [0.05, 0.1) is 0 Å². The van der Waals surface area contributed by atoms with Crippen LogP contribution < -0.4 is 5.56 Å². The van der Waals surface area contributed by atoms with Gasteiger partial charge in [-0.05, 0) is 37.3 Å². The molecule has 0 aliphatic carbocycles. The van der Waals surface area contributed by atoms with Crippen LogP contribution >= 0.6 is 11.6 Å². The smallest absolute Gasteiger partial charge is 0.255 e. The molecule has 15 heavy (non-hydrogen) atoms. The number of benzene rings is 1. The zero-order valence-corrected chi connectivity index (χ0v) is 9.03. The Morgan fingerprint density at radius 1 is 1.07 bits per heavy atom. The Labute approximate surface area is 92.7 Å². The minimum absolute atomic E-state index is 0.0303. The number of nitrogens with zero attached hydrogens (tertiary/aromatic N) is 1. The van der Waals surface area contributed by atoms with Crippen LogP contribution in [0.15, 0.2) is 47.3 Å². The predicted molar refractivity (Wildman–Crippen MR) is 61.8 cm³/mol. The molecule has 0 aliphatic rings. The molecule has 0 aliphatic heterocycles. The van der Waals surface area contributed by atoms with Gasteiger partial charge in [-0.1, -0.05) is 17.7 Å². The minimum Gasteiger partial charge on any atom is -0.282 e. The fourth-order valence-electron chi connectivity index (χ4n) is 1.51. The van der Waals surface area contributed by atoms with E-state index in [2.05, 4.69) is 0 Å². The molecular formula is C12H10ClNO. The highest BCUT2D eigenvalue weighted by atomic mass is 35.5. The topological polar surface area (TPSA) is 22.0 Å². The van der Waals surface area contributed by atoms with E-state index in [1.54, 1.807) is 28.8 Å². The van der Waals surface area contributed by atoms with E-state index in [0.29, 0.717) is 5.02 Å². The lowest BCUT2D eigenvalue weighted by atomic mass is 10.3. The molecule has 0 atom stereocenters. The molecular weight excluding hydrogens is 210 g/mol. The average molecular weight is 220 g/mol. The van der Waals surface area contributed by atoms with E-state index in [0.717, 1.165) is 11.4 Å². The van der Waals surface area contributed by atoms with E-state index < -0.39 is 0 Å². The summed E-state index contributed by atoms with van der Waals surface area (Å²) in [6.45, 7) is 1.90. The molecule has 2 aromatic rings.